The Bertz CT molecular complexity index is 1290. The van der Waals surface area contributed by atoms with Crippen molar-refractivity contribution in [2.24, 2.45) is 0 Å². The maximum atomic E-state index is 12.5. The molecule has 0 saturated carbocycles. The van der Waals surface area contributed by atoms with Crippen molar-refractivity contribution in [3.63, 3.8) is 0 Å². The van der Waals surface area contributed by atoms with Crippen molar-refractivity contribution < 1.29 is 18.7 Å². The summed E-state index contributed by atoms with van der Waals surface area (Å²) in [7, 11) is 0. The second kappa shape index (κ2) is 11.3. The maximum absolute atomic E-state index is 12.5. The van der Waals surface area contributed by atoms with Gasteiger partial charge in [0.05, 0.1) is 6.26 Å². The molecule has 2 aromatic heterocycles. The molecule has 2 amide bonds. The molecule has 0 aliphatic rings. The molecule has 0 bridgehead atoms. The van der Waals surface area contributed by atoms with Crippen LogP contribution in [0.2, 0.25) is 0 Å². The van der Waals surface area contributed by atoms with Gasteiger partial charge in [-0.2, -0.15) is 0 Å². The van der Waals surface area contributed by atoms with E-state index in [0.717, 1.165) is 22.1 Å². The van der Waals surface area contributed by atoms with Crippen LogP contribution in [0.15, 0.2) is 82.6 Å². The van der Waals surface area contributed by atoms with E-state index in [0.29, 0.717) is 22.6 Å². The molecular weight excluding hydrogens is 464 g/mol. The molecule has 0 saturated heterocycles. The number of nitrogens with one attached hydrogen (secondary N) is 2. The van der Waals surface area contributed by atoms with Crippen LogP contribution in [0.4, 0.5) is 0 Å². The van der Waals surface area contributed by atoms with Gasteiger partial charge in [-0.15, -0.1) is 0 Å². The molecule has 0 aliphatic carbocycles. The van der Waals surface area contributed by atoms with E-state index in [-0.39, 0.29) is 12.4 Å². The Morgan fingerprint density at radius 1 is 0.914 bits per heavy atom. The zero-order valence-electron chi connectivity index (χ0n) is 19.3. The highest BCUT2D eigenvalue weighted by atomic mass is 32.2. The van der Waals surface area contributed by atoms with Crippen LogP contribution in [0.3, 0.4) is 0 Å². The van der Waals surface area contributed by atoms with Gasteiger partial charge in [0.15, 0.2) is 10.9 Å². The minimum absolute atomic E-state index is 0.0715. The molecule has 0 atom stereocenters. The minimum Gasteiger partial charge on any atom is -0.489 e. The summed E-state index contributed by atoms with van der Waals surface area (Å²) in [5.74, 6) is 0.410. The normalized spacial score (nSPS) is 10.6. The highest BCUT2D eigenvalue weighted by Crippen LogP contribution is 2.20. The van der Waals surface area contributed by atoms with E-state index >= 15 is 0 Å². The lowest BCUT2D eigenvalue weighted by molar-refractivity contribution is 0.0829. The van der Waals surface area contributed by atoms with Crippen molar-refractivity contribution in [1.29, 1.82) is 0 Å². The monoisotopic (exact) mass is 488 g/mol. The van der Waals surface area contributed by atoms with E-state index < -0.39 is 11.8 Å². The molecule has 35 heavy (non-hydrogen) atoms. The molecule has 4 rings (SSSR count). The van der Waals surface area contributed by atoms with Crippen molar-refractivity contribution in [1.82, 2.24) is 20.8 Å². The van der Waals surface area contributed by atoms with Crippen molar-refractivity contribution in [3.05, 3.63) is 107 Å². The third kappa shape index (κ3) is 6.70. The second-order valence-electron chi connectivity index (χ2n) is 7.70. The third-order valence-electron chi connectivity index (χ3n) is 4.93. The number of furan rings is 1. The van der Waals surface area contributed by atoms with E-state index in [9.17, 15) is 9.59 Å². The number of carbonyl (C=O) groups is 2. The van der Waals surface area contributed by atoms with Gasteiger partial charge < -0.3 is 9.15 Å². The Morgan fingerprint density at radius 2 is 1.60 bits per heavy atom. The predicted octanol–water partition coefficient (Wildman–Crippen LogP) is 4.63. The highest BCUT2D eigenvalue weighted by Gasteiger charge is 2.17. The van der Waals surface area contributed by atoms with Gasteiger partial charge in [0.25, 0.3) is 5.91 Å². The molecule has 2 heterocycles. The van der Waals surface area contributed by atoms with Crippen LogP contribution < -0.4 is 15.6 Å². The summed E-state index contributed by atoms with van der Waals surface area (Å²) in [5, 5.41) is 0.721. The summed E-state index contributed by atoms with van der Waals surface area (Å²) < 4.78 is 11.0. The minimum atomic E-state index is -0.573. The Hall–Kier alpha value is -4.11. The summed E-state index contributed by atoms with van der Waals surface area (Å²) in [6.07, 6.45) is 1.40. The van der Waals surface area contributed by atoms with Gasteiger partial charge in [-0.25, -0.2) is 9.97 Å². The number of hydrazine groups is 1. The summed E-state index contributed by atoms with van der Waals surface area (Å²) >= 11 is 1.53. The molecule has 4 aromatic rings. The van der Waals surface area contributed by atoms with Crippen LogP contribution in [0.1, 0.15) is 43.4 Å². The summed E-state index contributed by atoms with van der Waals surface area (Å²) in [5.41, 5.74) is 8.66. The molecule has 0 spiro atoms. The molecule has 178 valence electrons. The van der Waals surface area contributed by atoms with E-state index in [4.69, 9.17) is 9.15 Å². The number of hydrogen-bond donors (Lipinski definition) is 2. The van der Waals surface area contributed by atoms with Crippen molar-refractivity contribution in [2.45, 2.75) is 31.4 Å². The van der Waals surface area contributed by atoms with Crippen LogP contribution in [0.25, 0.3) is 0 Å². The van der Waals surface area contributed by atoms with Gasteiger partial charge in [-0.05, 0) is 55.8 Å². The zero-order chi connectivity index (χ0) is 24.6. The van der Waals surface area contributed by atoms with Crippen molar-refractivity contribution >= 4 is 23.6 Å². The number of hydrogen-bond acceptors (Lipinski definition) is 7. The number of rotatable bonds is 8. The zero-order valence-corrected chi connectivity index (χ0v) is 20.1. The smallest absolute Gasteiger partial charge is 0.305 e. The van der Waals surface area contributed by atoms with Crippen molar-refractivity contribution in [2.75, 3.05) is 0 Å². The molecule has 2 N–H and O–H groups in total. The highest BCUT2D eigenvalue weighted by molar-refractivity contribution is 7.98. The van der Waals surface area contributed by atoms with Gasteiger partial charge in [0.2, 0.25) is 0 Å². The third-order valence-corrected chi connectivity index (χ3v) is 5.84. The summed E-state index contributed by atoms with van der Waals surface area (Å²) in [6, 6.07) is 20.0. The lowest BCUT2D eigenvalue weighted by Crippen LogP contribution is -2.41. The van der Waals surface area contributed by atoms with E-state index in [2.05, 4.69) is 20.8 Å². The number of thioether (sulfide) groups is 1. The first-order valence-electron chi connectivity index (χ1n) is 10.9. The first-order chi connectivity index (χ1) is 17.0. The van der Waals surface area contributed by atoms with Crippen LogP contribution in [0, 0.1) is 13.8 Å². The van der Waals surface area contributed by atoms with Crippen LogP contribution in [0.5, 0.6) is 5.75 Å². The Morgan fingerprint density at radius 3 is 2.31 bits per heavy atom. The number of ether oxygens (including phenoxy) is 1. The number of aryl methyl sites for hydroxylation is 2. The molecule has 0 radical (unpaired) electrons. The van der Waals surface area contributed by atoms with Gasteiger partial charge in [0.1, 0.15) is 12.4 Å². The Kier molecular flexibility index (Phi) is 7.79. The number of nitrogens with zero attached hydrogens (tertiary/aromatic N) is 2. The van der Waals surface area contributed by atoms with E-state index in [1.165, 1.54) is 18.0 Å². The number of aromatic nitrogens is 2. The SMILES string of the molecule is Cc1cc(C)nc(SCc2ccc(C(=O)NNC(=O)c3occc3COc3ccccc3)cc2)n1. The van der Waals surface area contributed by atoms with E-state index in [1.54, 1.807) is 18.2 Å². The number of carbonyl (C=O) groups excluding carboxylic acids is 2. The lowest BCUT2D eigenvalue weighted by Gasteiger charge is -2.09. The fourth-order valence-corrected chi connectivity index (χ4v) is 4.13. The Balaban J connectivity index is 1.28. The Labute approximate surface area is 207 Å². The summed E-state index contributed by atoms with van der Waals surface area (Å²) in [4.78, 5) is 33.8. The first-order valence-corrected chi connectivity index (χ1v) is 11.9. The summed E-state index contributed by atoms with van der Waals surface area (Å²) in [6.45, 7) is 4.04. The van der Waals surface area contributed by atoms with Gasteiger partial charge in [-0.1, -0.05) is 42.1 Å². The molecule has 8 nitrogen and oxygen atoms in total. The standard InChI is InChI=1S/C26H24N4O4S/c1-17-14-18(2)28-26(27-17)35-16-19-8-10-20(11-9-19)24(31)29-30-25(32)23-21(12-13-33-23)15-34-22-6-4-3-5-7-22/h3-14H,15-16H2,1-2H3,(H,29,31)(H,30,32). The molecule has 2 aromatic carbocycles. The fraction of sp³-hybridized carbons (Fsp3) is 0.154. The second-order valence-corrected chi connectivity index (χ2v) is 8.65. The van der Waals surface area contributed by atoms with Gasteiger partial charge >= 0.3 is 5.91 Å². The van der Waals surface area contributed by atoms with E-state index in [1.807, 2.05) is 62.4 Å². The van der Waals surface area contributed by atoms with Gasteiger partial charge in [-0.3, -0.25) is 20.4 Å². The molecule has 0 unspecified atom stereocenters. The average molecular weight is 489 g/mol. The molecule has 9 heteroatoms. The molecule has 0 fully saturated rings. The lowest BCUT2D eigenvalue weighted by atomic mass is 10.1. The molecule has 0 aliphatic heterocycles. The number of benzene rings is 2. The van der Waals surface area contributed by atoms with Gasteiger partial charge in [0, 0.05) is 28.3 Å². The van der Waals surface area contributed by atoms with Crippen molar-refractivity contribution in [3.8, 4) is 5.75 Å². The van der Waals surface area contributed by atoms with Crippen LogP contribution in [-0.4, -0.2) is 21.8 Å². The largest absolute Gasteiger partial charge is 0.489 e. The fourth-order valence-electron chi connectivity index (χ4n) is 3.23. The number of para-hydroxylation sites is 1. The predicted molar refractivity (Wildman–Crippen MR) is 132 cm³/mol. The first kappa shape index (κ1) is 24.0. The van der Waals surface area contributed by atoms with Crippen LogP contribution in [-0.2, 0) is 12.4 Å². The average Bonchev–Trinajstić information content (AvgIpc) is 3.34. The van der Waals surface area contributed by atoms with Crippen LogP contribution >= 0.6 is 11.8 Å². The number of amides is 2. The quantitative estimate of drug-likeness (QED) is 0.212. The topological polar surface area (TPSA) is 106 Å². The molecular formula is C26H24N4O4S. The maximum Gasteiger partial charge on any atom is 0.305 e.